The van der Waals surface area contributed by atoms with Gasteiger partial charge >= 0.3 is 0 Å². The summed E-state index contributed by atoms with van der Waals surface area (Å²) in [6.07, 6.45) is 4.13. The molecule has 3 aromatic rings. The summed E-state index contributed by atoms with van der Waals surface area (Å²) in [5, 5.41) is 5.80. The van der Waals surface area contributed by atoms with Crippen molar-refractivity contribution in [3.05, 3.63) is 59.4 Å². The zero-order valence-corrected chi connectivity index (χ0v) is 14.6. The van der Waals surface area contributed by atoms with Crippen LogP contribution in [0.5, 0.6) is 0 Å². The predicted octanol–water partition coefficient (Wildman–Crippen LogP) is 4.71. The Morgan fingerprint density at radius 1 is 1.13 bits per heavy atom. The number of nitrogens with one attached hydrogen (secondary N) is 1. The summed E-state index contributed by atoms with van der Waals surface area (Å²) in [7, 11) is 0. The van der Waals surface area contributed by atoms with E-state index in [1.807, 2.05) is 6.20 Å². The Labute approximate surface area is 146 Å². The van der Waals surface area contributed by atoms with Crippen LogP contribution in [0.3, 0.4) is 0 Å². The second-order valence-corrected chi connectivity index (χ2v) is 7.05. The minimum atomic E-state index is 0. The van der Waals surface area contributed by atoms with Crippen LogP contribution in [0.4, 0.5) is 0 Å². The molecular formula is C18H20ClN3S. The topological polar surface area (TPSA) is 37.8 Å². The van der Waals surface area contributed by atoms with Gasteiger partial charge in [0.25, 0.3) is 0 Å². The van der Waals surface area contributed by atoms with E-state index in [1.54, 1.807) is 11.3 Å². The van der Waals surface area contributed by atoms with Gasteiger partial charge in [-0.3, -0.25) is 0 Å². The number of hydrogen-bond acceptors (Lipinski definition) is 4. The van der Waals surface area contributed by atoms with Crippen LogP contribution in [-0.4, -0.2) is 16.0 Å². The molecule has 3 heterocycles. The van der Waals surface area contributed by atoms with Gasteiger partial charge in [-0.2, -0.15) is 0 Å². The third-order valence-electron chi connectivity index (χ3n) is 4.43. The van der Waals surface area contributed by atoms with E-state index in [2.05, 4.69) is 59.0 Å². The molecule has 0 bridgehead atoms. The molecule has 4 rings (SSSR count). The Hall–Kier alpha value is -1.49. The average Bonchev–Trinajstić information content (AvgIpc) is 3.02. The molecular weight excluding hydrogens is 326 g/mol. The predicted molar refractivity (Wildman–Crippen MR) is 98.4 cm³/mol. The van der Waals surface area contributed by atoms with Gasteiger partial charge in [0.2, 0.25) is 0 Å². The number of hydrogen-bond donors (Lipinski definition) is 1. The summed E-state index contributed by atoms with van der Waals surface area (Å²) in [5.74, 6) is 1.42. The van der Waals surface area contributed by atoms with Crippen LogP contribution in [0.25, 0.3) is 10.2 Å². The van der Waals surface area contributed by atoms with Gasteiger partial charge in [0.15, 0.2) is 0 Å². The molecule has 3 nitrogen and oxygen atoms in total. The maximum Gasteiger partial charge on any atom is 0.132 e. The summed E-state index contributed by atoms with van der Waals surface area (Å²) in [5.41, 5.74) is 2.44. The summed E-state index contributed by atoms with van der Waals surface area (Å²) in [4.78, 5) is 9.43. The summed E-state index contributed by atoms with van der Waals surface area (Å²) >= 11 is 1.70. The number of thiophene rings is 1. The number of nitrogens with zero attached hydrogens (tertiary/aromatic N) is 2. The fourth-order valence-corrected chi connectivity index (χ4v) is 4.08. The van der Waals surface area contributed by atoms with Gasteiger partial charge in [0.05, 0.1) is 10.2 Å². The summed E-state index contributed by atoms with van der Waals surface area (Å²) in [6, 6.07) is 13.7. The van der Waals surface area contributed by atoms with Crippen molar-refractivity contribution in [3.63, 3.8) is 0 Å². The Morgan fingerprint density at radius 3 is 2.78 bits per heavy atom. The van der Waals surface area contributed by atoms with E-state index in [0.29, 0.717) is 18.0 Å². The zero-order chi connectivity index (χ0) is 14.9. The van der Waals surface area contributed by atoms with Gasteiger partial charge < -0.3 is 5.32 Å². The molecule has 3 atom stereocenters. The van der Waals surface area contributed by atoms with Crippen LogP contribution in [0, 0.1) is 0 Å². The lowest BCUT2D eigenvalue weighted by Gasteiger charge is -2.34. The quantitative estimate of drug-likeness (QED) is 0.730. The van der Waals surface area contributed by atoms with Gasteiger partial charge in [-0.05, 0) is 36.8 Å². The summed E-state index contributed by atoms with van der Waals surface area (Å²) < 4.78 is 1.17. The van der Waals surface area contributed by atoms with Crippen LogP contribution < -0.4 is 5.32 Å². The lowest BCUT2D eigenvalue weighted by Crippen LogP contribution is -2.38. The van der Waals surface area contributed by atoms with Crippen molar-refractivity contribution in [3.8, 4) is 0 Å². The Balaban J connectivity index is 0.00000156. The first-order chi connectivity index (χ1) is 10.8. The van der Waals surface area contributed by atoms with Gasteiger partial charge in [-0.15, -0.1) is 23.7 Å². The van der Waals surface area contributed by atoms with Crippen molar-refractivity contribution in [2.24, 2.45) is 0 Å². The summed E-state index contributed by atoms with van der Waals surface area (Å²) in [6.45, 7) is 2.26. The highest BCUT2D eigenvalue weighted by Crippen LogP contribution is 2.35. The Bertz CT molecular complexity index is 774. The van der Waals surface area contributed by atoms with E-state index in [9.17, 15) is 0 Å². The van der Waals surface area contributed by atoms with Crippen LogP contribution in [0.15, 0.2) is 48.0 Å². The molecule has 0 saturated carbocycles. The van der Waals surface area contributed by atoms with Crippen LogP contribution >= 0.6 is 23.7 Å². The maximum atomic E-state index is 4.79. The minimum absolute atomic E-state index is 0. The number of rotatable bonds is 2. The minimum Gasteiger partial charge on any atom is -0.307 e. The number of aromatic nitrogens is 2. The second kappa shape index (κ2) is 6.95. The average molecular weight is 346 g/mol. The van der Waals surface area contributed by atoms with E-state index in [0.717, 1.165) is 24.2 Å². The third kappa shape index (κ3) is 3.39. The molecule has 1 N–H and O–H groups in total. The molecule has 5 heteroatoms. The van der Waals surface area contributed by atoms with Gasteiger partial charge in [0, 0.05) is 24.2 Å². The van der Waals surface area contributed by atoms with E-state index in [-0.39, 0.29) is 12.4 Å². The Kier molecular flexibility index (Phi) is 4.95. The zero-order valence-electron chi connectivity index (χ0n) is 13.0. The molecule has 0 radical (unpaired) electrons. The van der Waals surface area contributed by atoms with Crippen molar-refractivity contribution >= 4 is 34.0 Å². The van der Waals surface area contributed by atoms with Gasteiger partial charge in [-0.25, -0.2) is 9.97 Å². The lowest BCUT2D eigenvalue weighted by atomic mass is 9.85. The fourth-order valence-electron chi connectivity index (χ4n) is 3.39. The molecule has 0 amide bonds. The first kappa shape index (κ1) is 16.4. The van der Waals surface area contributed by atoms with Crippen LogP contribution in [0.2, 0.25) is 0 Å². The van der Waals surface area contributed by atoms with E-state index < -0.39 is 0 Å². The molecule has 2 aromatic heterocycles. The van der Waals surface area contributed by atoms with Crippen LogP contribution in [0.1, 0.15) is 43.1 Å². The number of benzene rings is 1. The fraction of sp³-hybridized carbons (Fsp3) is 0.333. The monoisotopic (exact) mass is 345 g/mol. The van der Waals surface area contributed by atoms with Crippen molar-refractivity contribution < 1.29 is 0 Å². The second-order valence-electron chi connectivity index (χ2n) is 6.10. The highest BCUT2D eigenvalue weighted by Gasteiger charge is 2.29. The lowest BCUT2D eigenvalue weighted by molar-refractivity contribution is 0.300. The van der Waals surface area contributed by atoms with E-state index in [1.165, 1.54) is 10.3 Å². The SMILES string of the molecule is CC1CC(c2ncc3sccc3n2)CC(c2ccccc2)N1.Cl. The van der Waals surface area contributed by atoms with Crippen LogP contribution in [-0.2, 0) is 0 Å². The molecule has 0 aliphatic carbocycles. The van der Waals surface area contributed by atoms with Crippen molar-refractivity contribution in [2.75, 3.05) is 0 Å². The van der Waals surface area contributed by atoms with Crippen molar-refractivity contribution in [2.45, 2.75) is 37.8 Å². The van der Waals surface area contributed by atoms with Crippen molar-refractivity contribution in [1.82, 2.24) is 15.3 Å². The van der Waals surface area contributed by atoms with Gasteiger partial charge in [-0.1, -0.05) is 30.3 Å². The van der Waals surface area contributed by atoms with Crippen molar-refractivity contribution in [1.29, 1.82) is 0 Å². The van der Waals surface area contributed by atoms with E-state index >= 15 is 0 Å². The molecule has 0 spiro atoms. The smallest absolute Gasteiger partial charge is 0.132 e. The molecule has 1 fully saturated rings. The standard InChI is InChI=1S/C18H19N3S.ClH/c1-12-9-14(10-16(20-12)13-5-3-2-4-6-13)18-19-11-17-15(21-18)7-8-22-17;/h2-8,11-12,14,16,20H,9-10H2,1H3;1H. The van der Waals surface area contributed by atoms with E-state index in [4.69, 9.17) is 4.98 Å². The highest BCUT2D eigenvalue weighted by atomic mass is 35.5. The molecule has 1 aliphatic rings. The molecule has 23 heavy (non-hydrogen) atoms. The molecule has 1 saturated heterocycles. The molecule has 1 aliphatic heterocycles. The first-order valence-electron chi connectivity index (χ1n) is 7.81. The maximum absolute atomic E-state index is 4.79. The highest BCUT2D eigenvalue weighted by molar-refractivity contribution is 7.17. The van der Waals surface area contributed by atoms with Gasteiger partial charge in [0.1, 0.15) is 5.82 Å². The first-order valence-corrected chi connectivity index (χ1v) is 8.68. The number of piperidine rings is 1. The normalized spacial score (nSPS) is 24.3. The number of fused-ring (bicyclic) bond motifs is 1. The molecule has 3 unspecified atom stereocenters. The third-order valence-corrected chi connectivity index (χ3v) is 5.27. The molecule has 1 aromatic carbocycles. The largest absolute Gasteiger partial charge is 0.307 e. The molecule has 120 valence electrons. The Morgan fingerprint density at radius 2 is 1.96 bits per heavy atom. The number of halogens is 1.